The fourth-order valence-electron chi connectivity index (χ4n) is 0.828. The van der Waals surface area contributed by atoms with Crippen LogP contribution in [-0.4, -0.2) is 16.0 Å². The number of carbonyl (C=O) groups is 1. The van der Waals surface area contributed by atoms with Crippen molar-refractivity contribution < 1.29 is 4.79 Å². The van der Waals surface area contributed by atoms with Crippen LogP contribution >= 0.6 is 34.8 Å². The number of halogens is 3. The van der Waals surface area contributed by atoms with Gasteiger partial charge >= 0.3 is 0 Å². The highest BCUT2D eigenvalue weighted by atomic mass is 35.5. The first-order valence-corrected chi connectivity index (χ1v) is 5.35. The predicted molar refractivity (Wildman–Crippen MR) is 54.3 cm³/mol. The summed E-state index contributed by atoms with van der Waals surface area (Å²) in [6.45, 7) is 2.08. The van der Waals surface area contributed by atoms with Gasteiger partial charge in [0.05, 0.1) is 0 Å². The molecule has 0 aliphatic heterocycles. The Kier molecular flexibility index (Phi) is 7.31. The topological polar surface area (TPSA) is 17.1 Å². The normalized spacial score (nSPS) is 13.4. The minimum absolute atomic E-state index is 0.0554. The van der Waals surface area contributed by atoms with E-state index in [1.54, 1.807) is 0 Å². The zero-order valence-corrected chi connectivity index (χ0v) is 9.29. The Morgan fingerprint density at radius 3 is 2.25 bits per heavy atom. The summed E-state index contributed by atoms with van der Waals surface area (Å²) in [7, 11) is 0. The minimum Gasteiger partial charge on any atom is -0.298 e. The van der Waals surface area contributed by atoms with Crippen molar-refractivity contribution >= 4 is 40.6 Å². The second-order valence-corrected chi connectivity index (χ2v) is 4.29. The molecule has 0 heterocycles. The number of unbranched alkanes of at least 4 members (excludes halogenated alkanes) is 2. The Morgan fingerprint density at radius 2 is 1.83 bits per heavy atom. The van der Waals surface area contributed by atoms with E-state index >= 15 is 0 Å². The lowest BCUT2D eigenvalue weighted by molar-refractivity contribution is -0.118. The molecule has 0 N–H and O–H groups in total. The molecule has 0 aromatic rings. The summed E-state index contributed by atoms with van der Waals surface area (Å²) in [6, 6.07) is 0. The molecule has 12 heavy (non-hydrogen) atoms. The first-order valence-electron chi connectivity index (χ1n) is 4.04. The Morgan fingerprint density at radius 1 is 1.25 bits per heavy atom. The molecule has 0 saturated heterocycles. The van der Waals surface area contributed by atoms with Crippen molar-refractivity contribution in [3.05, 3.63) is 0 Å². The van der Waals surface area contributed by atoms with Gasteiger partial charge in [0.1, 0.15) is 10.2 Å². The van der Waals surface area contributed by atoms with Crippen molar-refractivity contribution in [3.63, 3.8) is 0 Å². The van der Waals surface area contributed by atoms with Gasteiger partial charge in [-0.25, -0.2) is 0 Å². The first kappa shape index (κ1) is 12.5. The quantitative estimate of drug-likeness (QED) is 0.505. The van der Waals surface area contributed by atoms with Gasteiger partial charge in [-0.05, 0) is 6.42 Å². The van der Waals surface area contributed by atoms with Gasteiger partial charge in [0, 0.05) is 6.42 Å². The van der Waals surface area contributed by atoms with Crippen molar-refractivity contribution in [1.82, 2.24) is 0 Å². The fourth-order valence-corrected chi connectivity index (χ4v) is 1.22. The highest BCUT2D eigenvalue weighted by Crippen LogP contribution is 2.17. The van der Waals surface area contributed by atoms with Crippen LogP contribution in [0.15, 0.2) is 0 Å². The molecular weight excluding hydrogens is 218 g/mol. The van der Waals surface area contributed by atoms with Gasteiger partial charge in [-0.1, -0.05) is 19.8 Å². The van der Waals surface area contributed by atoms with E-state index in [0.717, 1.165) is 19.3 Å². The Labute approximate surface area is 88.4 Å². The maximum Gasteiger partial charge on any atom is 0.153 e. The van der Waals surface area contributed by atoms with E-state index in [2.05, 4.69) is 6.92 Å². The lowest BCUT2D eigenvalue weighted by Gasteiger charge is -2.07. The van der Waals surface area contributed by atoms with E-state index in [9.17, 15) is 4.79 Å². The molecule has 0 aromatic carbocycles. The molecule has 0 bridgehead atoms. The van der Waals surface area contributed by atoms with Crippen molar-refractivity contribution in [3.8, 4) is 0 Å². The molecule has 0 saturated carbocycles. The zero-order valence-electron chi connectivity index (χ0n) is 7.03. The number of hydrogen-bond acceptors (Lipinski definition) is 1. The van der Waals surface area contributed by atoms with Crippen molar-refractivity contribution in [2.24, 2.45) is 0 Å². The maximum atomic E-state index is 11.2. The largest absolute Gasteiger partial charge is 0.298 e. The molecule has 72 valence electrons. The average molecular weight is 232 g/mol. The van der Waals surface area contributed by atoms with E-state index in [1.165, 1.54) is 0 Å². The van der Waals surface area contributed by atoms with E-state index in [-0.39, 0.29) is 5.78 Å². The fraction of sp³-hybridized carbons (Fsp3) is 0.875. The summed E-state index contributed by atoms with van der Waals surface area (Å²) >= 11 is 16.5. The second kappa shape index (κ2) is 6.99. The molecule has 1 unspecified atom stereocenters. The minimum atomic E-state index is -0.791. The van der Waals surface area contributed by atoms with Gasteiger partial charge < -0.3 is 0 Å². The van der Waals surface area contributed by atoms with E-state index in [4.69, 9.17) is 34.8 Å². The van der Waals surface area contributed by atoms with E-state index in [0.29, 0.717) is 6.42 Å². The third-order valence-electron chi connectivity index (χ3n) is 1.56. The van der Waals surface area contributed by atoms with Crippen LogP contribution in [0.1, 0.15) is 32.6 Å². The number of ketones is 1. The molecule has 0 rings (SSSR count). The van der Waals surface area contributed by atoms with Gasteiger partial charge in [-0.15, -0.1) is 34.8 Å². The van der Waals surface area contributed by atoms with Crippen LogP contribution in [-0.2, 0) is 4.79 Å². The van der Waals surface area contributed by atoms with Crippen LogP contribution < -0.4 is 0 Å². The van der Waals surface area contributed by atoms with Crippen LogP contribution in [0.5, 0.6) is 0 Å². The molecule has 0 spiro atoms. The monoisotopic (exact) mass is 230 g/mol. The van der Waals surface area contributed by atoms with Crippen LogP contribution in [0.4, 0.5) is 0 Å². The third-order valence-corrected chi connectivity index (χ3v) is 2.81. The van der Waals surface area contributed by atoms with Gasteiger partial charge in [0.2, 0.25) is 0 Å². The predicted octanol–water partition coefficient (Wildman–Crippen LogP) is 3.55. The Hall–Kier alpha value is 0.540. The zero-order chi connectivity index (χ0) is 9.56. The lowest BCUT2D eigenvalue weighted by Crippen LogP contribution is -2.20. The van der Waals surface area contributed by atoms with Crippen LogP contribution in [0.3, 0.4) is 0 Å². The average Bonchev–Trinajstić information content (AvgIpc) is 2.03. The number of carbonyl (C=O) groups excluding carboxylic acids is 1. The SMILES string of the molecule is CCCCCC(=O)C(Cl)C(Cl)Cl. The lowest BCUT2D eigenvalue weighted by atomic mass is 10.1. The van der Waals surface area contributed by atoms with Gasteiger partial charge in [-0.3, -0.25) is 4.79 Å². The first-order chi connectivity index (χ1) is 5.59. The molecule has 0 fully saturated rings. The summed E-state index contributed by atoms with van der Waals surface area (Å²) < 4.78 is 0. The highest BCUT2D eigenvalue weighted by molar-refractivity contribution is 6.51. The van der Waals surface area contributed by atoms with Crippen molar-refractivity contribution in [1.29, 1.82) is 0 Å². The molecule has 0 aliphatic carbocycles. The molecule has 0 aromatic heterocycles. The summed E-state index contributed by atoms with van der Waals surface area (Å²) in [5.41, 5.74) is 0. The Bertz CT molecular complexity index is 136. The smallest absolute Gasteiger partial charge is 0.153 e. The highest BCUT2D eigenvalue weighted by Gasteiger charge is 2.21. The van der Waals surface area contributed by atoms with Gasteiger partial charge in [0.15, 0.2) is 5.78 Å². The van der Waals surface area contributed by atoms with E-state index < -0.39 is 10.2 Å². The number of alkyl halides is 3. The summed E-state index contributed by atoms with van der Waals surface area (Å²) in [5, 5.41) is -0.745. The Balaban J connectivity index is 3.57. The second-order valence-electron chi connectivity index (χ2n) is 2.66. The van der Waals surface area contributed by atoms with Crippen LogP contribution in [0.2, 0.25) is 0 Å². The standard InChI is InChI=1S/C8H13Cl3O/c1-2-3-4-5-6(12)7(9)8(10)11/h7-8H,2-5H2,1H3. The molecule has 0 radical (unpaired) electrons. The van der Waals surface area contributed by atoms with Crippen LogP contribution in [0, 0.1) is 0 Å². The molecule has 4 heteroatoms. The maximum absolute atomic E-state index is 11.2. The molecule has 0 aliphatic rings. The molecule has 1 atom stereocenters. The molecular formula is C8H13Cl3O. The summed E-state index contributed by atoms with van der Waals surface area (Å²) in [5.74, 6) is -0.0554. The third kappa shape index (κ3) is 5.23. The van der Waals surface area contributed by atoms with Crippen molar-refractivity contribution in [2.75, 3.05) is 0 Å². The number of Topliss-reactive ketones (excluding diaryl/α,β-unsaturated/α-hetero) is 1. The van der Waals surface area contributed by atoms with Crippen molar-refractivity contribution in [2.45, 2.75) is 42.8 Å². The summed E-state index contributed by atoms with van der Waals surface area (Å²) in [6.07, 6.45) is 3.49. The van der Waals surface area contributed by atoms with Crippen LogP contribution in [0.25, 0.3) is 0 Å². The van der Waals surface area contributed by atoms with Gasteiger partial charge in [0.25, 0.3) is 0 Å². The number of rotatable bonds is 6. The molecule has 1 nitrogen and oxygen atoms in total. The molecule has 0 amide bonds. The number of hydrogen-bond donors (Lipinski definition) is 0. The van der Waals surface area contributed by atoms with E-state index in [1.807, 2.05) is 0 Å². The summed E-state index contributed by atoms with van der Waals surface area (Å²) in [4.78, 5) is 10.4. The van der Waals surface area contributed by atoms with Gasteiger partial charge in [-0.2, -0.15) is 0 Å².